The van der Waals surface area contributed by atoms with Crippen molar-refractivity contribution in [3.8, 4) is 5.75 Å². The quantitative estimate of drug-likeness (QED) is 0.862. The van der Waals surface area contributed by atoms with Gasteiger partial charge >= 0.3 is 6.18 Å². The first-order chi connectivity index (χ1) is 7.92. The predicted molar refractivity (Wildman–Crippen MR) is 60.1 cm³/mol. The molecule has 1 aromatic rings. The average Bonchev–Trinajstić information content (AvgIpc) is 2.27. The van der Waals surface area contributed by atoms with Gasteiger partial charge in [-0.3, -0.25) is 0 Å². The van der Waals surface area contributed by atoms with Gasteiger partial charge in [-0.15, -0.1) is 0 Å². The van der Waals surface area contributed by atoms with Gasteiger partial charge in [0.2, 0.25) is 0 Å². The normalized spacial score (nSPS) is 13.5. The van der Waals surface area contributed by atoms with Crippen molar-refractivity contribution in [3.05, 3.63) is 29.8 Å². The molecule has 1 rings (SSSR count). The number of hydrogen-bond acceptors (Lipinski definition) is 2. The van der Waals surface area contributed by atoms with Crippen LogP contribution in [-0.4, -0.2) is 19.8 Å². The van der Waals surface area contributed by atoms with Crippen LogP contribution in [-0.2, 0) is 0 Å². The first-order valence-electron chi connectivity index (χ1n) is 5.36. The fourth-order valence-electron chi connectivity index (χ4n) is 1.44. The van der Waals surface area contributed by atoms with E-state index in [2.05, 4.69) is 5.32 Å². The molecule has 0 aromatic heterocycles. The second-order valence-corrected chi connectivity index (χ2v) is 3.81. The third kappa shape index (κ3) is 5.08. The molecule has 17 heavy (non-hydrogen) atoms. The molecule has 0 unspecified atom stereocenters. The Morgan fingerprint density at radius 3 is 2.29 bits per heavy atom. The van der Waals surface area contributed by atoms with Gasteiger partial charge in [0.15, 0.2) is 0 Å². The molecule has 2 nitrogen and oxygen atoms in total. The Labute approximate surface area is 98.8 Å². The van der Waals surface area contributed by atoms with Gasteiger partial charge in [0.05, 0.1) is 13.5 Å². The van der Waals surface area contributed by atoms with Crippen LogP contribution in [0.3, 0.4) is 0 Å². The van der Waals surface area contributed by atoms with Gasteiger partial charge in [-0.1, -0.05) is 12.1 Å². The summed E-state index contributed by atoms with van der Waals surface area (Å²) >= 11 is 0. The second-order valence-electron chi connectivity index (χ2n) is 3.81. The topological polar surface area (TPSA) is 21.3 Å². The number of nitrogens with one attached hydrogen (secondary N) is 1. The van der Waals surface area contributed by atoms with Crippen molar-refractivity contribution >= 4 is 0 Å². The number of halogens is 3. The summed E-state index contributed by atoms with van der Waals surface area (Å²) in [4.78, 5) is 0. The highest BCUT2D eigenvalue weighted by atomic mass is 19.4. The van der Waals surface area contributed by atoms with Gasteiger partial charge in [-0.25, -0.2) is 0 Å². The maximum absolute atomic E-state index is 12.0. The highest BCUT2D eigenvalue weighted by molar-refractivity contribution is 5.28. The Bertz CT molecular complexity index is 335. The van der Waals surface area contributed by atoms with Crippen molar-refractivity contribution in [3.63, 3.8) is 0 Å². The number of hydrogen-bond donors (Lipinski definition) is 1. The molecule has 0 aliphatic carbocycles. The van der Waals surface area contributed by atoms with Crippen molar-refractivity contribution in [1.29, 1.82) is 0 Å². The van der Waals surface area contributed by atoms with Gasteiger partial charge in [0.1, 0.15) is 5.75 Å². The van der Waals surface area contributed by atoms with E-state index in [0.29, 0.717) is 0 Å². The summed E-state index contributed by atoms with van der Waals surface area (Å²) in [6.07, 6.45) is -4.92. The highest BCUT2D eigenvalue weighted by Crippen LogP contribution is 2.20. The summed E-state index contributed by atoms with van der Waals surface area (Å²) < 4.78 is 40.9. The fourth-order valence-corrected chi connectivity index (χ4v) is 1.44. The molecule has 1 N–H and O–H groups in total. The van der Waals surface area contributed by atoms with Crippen LogP contribution in [0, 0.1) is 0 Å². The summed E-state index contributed by atoms with van der Waals surface area (Å²) in [5.41, 5.74) is 0.938. The first-order valence-corrected chi connectivity index (χ1v) is 5.36. The van der Waals surface area contributed by atoms with Crippen LogP contribution in [0.15, 0.2) is 24.3 Å². The highest BCUT2D eigenvalue weighted by Gasteiger charge is 2.26. The van der Waals surface area contributed by atoms with Gasteiger partial charge in [-0.05, 0) is 24.6 Å². The molecule has 0 amide bonds. The Kier molecular flexibility index (Phi) is 4.81. The fraction of sp³-hybridized carbons (Fsp3) is 0.500. The first kappa shape index (κ1) is 13.8. The van der Waals surface area contributed by atoms with E-state index >= 15 is 0 Å². The molecule has 0 saturated carbocycles. The van der Waals surface area contributed by atoms with Crippen LogP contribution in [0.1, 0.15) is 24.9 Å². The molecule has 0 bridgehead atoms. The molecule has 0 fully saturated rings. The molecule has 0 aliphatic heterocycles. The van der Waals surface area contributed by atoms with Crippen LogP contribution < -0.4 is 10.1 Å². The third-order valence-electron chi connectivity index (χ3n) is 2.47. The van der Waals surface area contributed by atoms with Crippen LogP contribution in [0.4, 0.5) is 13.2 Å². The van der Waals surface area contributed by atoms with E-state index in [-0.39, 0.29) is 12.6 Å². The lowest BCUT2D eigenvalue weighted by molar-refractivity contribution is -0.133. The molecule has 0 spiro atoms. The van der Waals surface area contributed by atoms with Crippen molar-refractivity contribution < 1.29 is 17.9 Å². The third-order valence-corrected chi connectivity index (χ3v) is 2.47. The number of benzene rings is 1. The summed E-state index contributed by atoms with van der Waals surface area (Å²) in [6.45, 7) is 1.76. The Morgan fingerprint density at radius 1 is 1.24 bits per heavy atom. The molecule has 0 radical (unpaired) electrons. The Hall–Kier alpha value is -1.23. The van der Waals surface area contributed by atoms with Crippen molar-refractivity contribution in [2.75, 3.05) is 13.7 Å². The van der Waals surface area contributed by atoms with E-state index in [4.69, 9.17) is 4.74 Å². The summed E-state index contributed by atoms with van der Waals surface area (Å²) in [5.74, 6) is 0.733. The van der Waals surface area contributed by atoms with Crippen LogP contribution in [0.5, 0.6) is 5.75 Å². The maximum Gasteiger partial charge on any atom is 0.390 e. The van der Waals surface area contributed by atoms with E-state index < -0.39 is 12.6 Å². The van der Waals surface area contributed by atoms with Crippen LogP contribution >= 0.6 is 0 Å². The minimum absolute atomic E-state index is 0.0727. The zero-order valence-corrected chi connectivity index (χ0v) is 9.84. The molecular formula is C12H16F3NO. The summed E-state index contributed by atoms with van der Waals surface area (Å²) in [6, 6.07) is 7.14. The zero-order chi connectivity index (χ0) is 12.9. The van der Waals surface area contributed by atoms with Crippen LogP contribution in [0.25, 0.3) is 0 Å². The molecule has 1 atom stereocenters. The van der Waals surface area contributed by atoms with Crippen molar-refractivity contribution in [2.24, 2.45) is 0 Å². The zero-order valence-electron chi connectivity index (χ0n) is 9.84. The standard InChI is InChI=1S/C12H16F3NO/c1-9(16-8-7-12(13,14)15)10-3-5-11(17-2)6-4-10/h3-6,9,16H,7-8H2,1-2H3/t9-/m1/s1. The van der Waals surface area contributed by atoms with Gasteiger partial charge in [0.25, 0.3) is 0 Å². The van der Waals surface area contributed by atoms with Crippen molar-refractivity contribution in [1.82, 2.24) is 5.32 Å². The number of methoxy groups -OCH3 is 1. The minimum atomic E-state index is -4.10. The summed E-state index contributed by atoms with van der Waals surface area (Å²) in [7, 11) is 1.57. The molecule has 0 aliphatic rings. The van der Waals surface area contributed by atoms with Gasteiger partial charge in [0, 0.05) is 12.6 Å². The predicted octanol–water partition coefficient (Wildman–Crippen LogP) is 3.30. The molecule has 0 saturated heterocycles. The monoisotopic (exact) mass is 247 g/mol. The lowest BCUT2D eigenvalue weighted by atomic mass is 10.1. The average molecular weight is 247 g/mol. The number of ether oxygens (including phenoxy) is 1. The largest absolute Gasteiger partial charge is 0.497 e. The molecular weight excluding hydrogens is 231 g/mol. The molecule has 96 valence electrons. The smallest absolute Gasteiger partial charge is 0.390 e. The van der Waals surface area contributed by atoms with Crippen molar-refractivity contribution in [2.45, 2.75) is 25.6 Å². The molecule has 1 aromatic carbocycles. The lowest BCUT2D eigenvalue weighted by Crippen LogP contribution is -2.24. The Morgan fingerprint density at radius 2 is 1.82 bits per heavy atom. The minimum Gasteiger partial charge on any atom is -0.497 e. The lowest BCUT2D eigenvalue weighted by Gasteiger charge is -2.15. The second kappa shape index (κ2) is 5.91. The number of rotatable bonds is 5. The van der Waals surface area contributed by atoms with Crippen LogP contribution in [0.2, 0.25) is 0 Å². The maximum atomic E-state index is 12.0. The molecule has 5 heteroatoms. The van der Waals surface area contributed by atoms with Gasteiger partial charge in [-0.2, -0.15) is 13.2 Å². The van der Waals surface area contributed by atoms with E-state index in [0.717, 1.165) is 11.3 Å². The summed E-state index contributed by atoms with van der Waals surface area (Å²) in [5, 5.41) is 2.83. The van der Waals surface area contributed by atoms with E-state index in [1.807, 2.05) is 19.1 Å². The Balaban J connectivity index is 2.43. The van der Waals surface area contributed by atoms with E-state index in [1.54, 1.807) is 19.2 Å². The van der Waals surface area contributed by atoms with E-state index in [9.17, 15) is 13.2 Å². The van der Waals surface area contributed by atoms with E-state index in [1.165, 1.54) is 0 Å². The molecule has 0 heterocycles. The SMILES string of the molecule is COc1ccc([C@@H](C)NCCC(F)(F)F)cc1. The van der Waals surface area contributed by atoms with Gasteiger partial charge < -0.3 is 10.1 Å². The number of alkyl halides is 3.